The van der Waals surface area contributed by atoms with E-state index < -0.39 is 6.10 Å². The van der Waals surface area contributed by atoms with Crippen LogP contribution in [0.15, 0.2) is 23.8 Å². The fourth-order valence-electron chi connectivity index (χ4n) is 9.85. The van der Waals surface area contributed by atoms with Gasteiger partial charge in [-0.2, -0.15) is 0 Å². The van der Waals surface area contributed by atoms with Crippen molar-refractivity contribution in [3.8, 4) is 0 Å². The first kappa shape index (κ1) is 24.9. The van der Waals surface area contributed by atoms with Crippen LogP contribution in [0.25, 0.3) is 0 Å². The molecule has 3 nitrogen and oxygen atoms in total. The molecular formula is C30H46O3. The number of aliphatic hydroxyl groups excluding tert-OH is 1. The third-order valence-electron chi connectivity index (χ3n) is 11.8. The van der Waals surface area contributed by atoms with Crippen LogP contribution in [0.2, 0.25) is 0 Å². The third kappa shape index (κ3) is 3.55. The van der Waals surface area contributed by atoms with Gasteiger partial charge in [0.05, 0.1) is 6.10 Å². The second-order valence-corrected chi connectivity index (χ2v) is 13.4. The Morgan fingerprint density at radius 1 is 1.03 bits per heavy atom. The largest absolute Gasteiger partial charge is 0.389 e. The average molecular weight is 455 g/mol. The molecule has 33 heavy (non-hydrogen) atoms. The summed E-state index contributed by atoms with van der Waals surface area (Å²) in [4.78, 5) is 23.8. The second kappa shape index (κ2) is 8.18. The quantitative estimate of drug-likeness (QED) is 0.286. The summed E-state index contributed by atoms with van der Waals surface area (Å²) in [6, 6.07) is 0. The van der Waals surface area contributed by atoms with Gasteiger partial charge in [-0.25, -0.2) is 0 Å². The number of carbonyl (C=O) groups is 2. The van der Waals surface area contributed by atoms with Crippen LogP contribution in [-0.2, 0) is 9.59 Å². The maximum absolute atomic E-state index is 12.8. The van der Waals surface area contributed by atoms with Gasteiger partial charge in [-0.15, -0.1) is 0 Å². The summed E-state index contributed by atoms with van der Waals surface area (Å²) in [6.07, 6.45) is 11.5. The Bertz CT molecular complexity index is 868. The number of rotatable bonds is 5. The van der Waals surface area contributed by atoms with Crippen molar-refractivity contribution in [3.63, 3.8) is 0 Å². The smallest absolute Gasteiger partial charge is 0.145 e. The Hall–Kier alpha value is -1.22. The van der Waals surface area contributed by atoms with E-state index in [0.29, 0.717) is 46.9 Å². The average Bonchev–Trinajstić information content (AvgIpc) is 3.09. The zero-order valence-corrected chi connectivity index (χ0v) is 21.9. The molecule has 0 aromatic heterocycles. The summed E-state index contributed by atoms with van der Waals surface area (Å²) in [6.45, 7) is 18.3. The van der Waals surface area contributed by atoms with Crippen LogP contribution in [0.4, 0.5) is 0 Å². The van der Waals surface area contributed by atoms with Gasteiger partial charge < -0.3 is 5.11 Å². The van der Waals surface area contributed by atoms with Crippen LogP contribution in [-0.4, -0.2) is 23.3 Å². The summed E-state index contributed by atoms with van der Waals surface area (Å²) in [7, 11) is 0. The van der Waals surface area contributed by atoms with Gasteiger partial charge in [-0.1, -0.05) is 46.8 Å². The molecule has 8 unspecified atom stereocenters. The van der Waals surface area contributed by atoms with Crippen LogP contribution < -0.4 is 0 Å². The fourth-order valence-corrected chi connectivity index (χ4v) is 9.85. The van der Waals surface area contributed by atoms with Gasteiger partial charge in [0.1, 0.15) is 12.1 Å². The molecular weight excluding hydrogens is 408 g/mol. The number of Topliss-reactive ketones (excluding diaryl/α,β-unsaturated/α-hetero) is 1. The first-order chi connectivity index (χ1) is 15.3. The van der Waals surface area contributed by atoms with E-state index in [2.05, 4.69) is 41.2 Å². The van der Waals surface area contributed by atoms with E-state index in [9.17, 15) is 14.7 Å². The molecule has 0 amide bonds. The second-order valence-electron chi connectivity index (χ2n) is 13.4. The van der Waals surface area contributed by atoms with Crippen LogP contribution in [0, 0.1) is 45.3 Å². The fraction of sp³-hybridized carbons (Fsp3) is 0.800. The van der Waals surface area contributed by atoms with E-state index in [1.165, 1.54) is 32.1 Å². The first-order valence-corrected chi connectivity index (χ1v) is 13.3. The highest BCUT2D eigenvalue weighted by Gasteiger charge is 2.68. The minimum Gasteiger partial charge on any atom is -0.389 e. The standard InChI is InChI=1S/C30H46O3/c1-19(18-31)16-21(32)17-20(2)22-10-14-29(6)23(22)8-9-25-28(5)13-12-26(33)27(3,4)24(28)11-15-30(25,29)7/h16,18,21-25,32H,2,8-15,17H2,1,3-7H3. The molecule has 0 aromatic carbocycles. The van der Waals surface area contributed by atoms with E-state index in [0.717, 1.165) is 31.1 Å². The van der Waals surface area contributed by atoms with Crippen molar-refractivity contribution in [2.45, 2.75) is 105 Å². The van der Waals surface area contributed by atoms with E-state index in [1.807, 2.05) is 0 Å². The molecule has 0 aliphatic heterocycles. The Morgan fingerprint density at radius 2 is 1.70 bits per heavy atom. The lowest BCUT2D eigenvalue weighted by Crippen LogP contribution is -2.63. The van der Waals surface area contributed by atoms with Crippen LogP contribution in [0.5, 0.6) is 0 Å². The van der Waals surface area contributed by atoms with Gasteiger partial charge in [0, 0.05) is 11.8 Å². The zero-order valence-electron chi connectivity index (χ0n) is 21.9. The lowest BCUT2D eigenvalue weighted by atomic mass is 9.35. The third-order valence-corrected chi connectivity index (χ3v) is 11.8. The molecule has 3 heteroatoms. The van der Waals surface area contributed by atoms with Crippen molar-refractivity contribution in [2.75, 3.05) is 0 Å². The molecule has 4 fully saturated rings. The number of carbonyl (C=O) groups excluding carboxylic acids is 2. The lowest BCUT2D eigenvalue weighted by molar-refractivity contribution is -0.201. The van der Waals surface area contributed by atoms with Gasteiger partial charge in [0.2, 0.25) is 0 Å². The molecule has 0 spiro atoms. The first-order valence-electron chi connectivity index (χ1n) is 13.3. The lowest BCUT2D eigenvalue weighted by Gasteiger charge is -2.69. The predicted molar refractivity (Wildman–Crippen MR) is 134 cm³/mol. The van der Waals surface area contributed by atoms with Crippen LogP contribution in [0.1, 0.15) is 99.3 Å². The van der Waals surface area contributed by atoms with Crippen LogP contribution in [0.3, 0.4) is 0 Å². The molecule has 0 radical (unpaired) electrons. The van der Waals surface area contributed by atoms with Crippen molar-refractivity contribution < 1.29 is 14.7 Å². The Morgan fingerprint density at radius 3 is 2.36 bits per heavy atom. The minimum atomic E-state index is -0.627. The molecule has 0 bridgehead atoms. The number of hydrogen-bond donors (Lipinski definition) is 1. The van der Waals surface area contributed by atoms with E-state index in [1.54, 1.807) is 13.0 Å². The summed E-state index contributed by atoms with van der Waals surface area (Å²) in [5, 5.41) is 10.5. The van der Waals surface area contributed by atoms with Crippen LogP contribution >= 0.6 is 0 Å². The predicted octanol–water partition coefficient (Wildman–Crippen LogP) is 6.69. The zero-order chi connectivity index (χ0) is 24.4. The molecule has 0 saturated heterocycles. The summed E-state index contributed by atoms with van der Waals surface area (Å²) >= 11 is 0. The van der Waals surface area contributed by atoms with Crippen molar-refractivity contribution in [2.24, 2.45) is 45.3 Å². The number of hydrogen-bond acceptors (Lipinski definition) is 3. The molecule has 4 aliphatic rings. The Balaban J connectivity index is 1.58. The number of fused-ring (bicyclic) bond motifs is 5. The summed E-state index contributed by atoms with van der Waals surface area (Å²) < 4.78 is 0. The van der Waals surface area contributed by atoms with Crippen molar-refractivity contribution in [1.82, 2.24) is 0 Å². The van der Waals surface area contributed by atoms with Gasteiger partial charge in [0.15, 0.2) is 0 Å². The summed E-state index contributed by atoms with van der Waals surface area (Å²) in [5.41, 5.74) is 2.38. The van der Waals surface area contributed by atoms with Gasteiger partial charge >= 0.3 is 0 Å². The Labute approximate surface area is 201 Å². The minimum absolute atomic E-state index is 0.193. The monoisotopic (exact) mass is 454 g/mol. The van der Waals surface area contributed by atoms with Gasteiger partial charge in [-0.3, -0.25) is 9.59 Å². The SMILES string of the molecule is C=C(CC(O)C=C(C)C=O)C1CCC2(C)C1CCC1C3(C)CCC(=O)C(C)(C)C3CCC12C. The van der Waals surface area contributed by atoms with Gasteiger partial charge in [-0.05, 0) is 110 Å². The molecule has 184 valence electrons. The highest BCUT2D eigenvalue weighted by atomic mass is 16.3. The molecule has 4 aliphatic carbocycles. The van der Waals surface area contributed by atoms with Gasteiger partial charge in [0.25, 0.3) is 0 Å². The number of aliphatic hydroxyl groups is 1. The molecule has 1 N–H and O–H groups in total. The molecule has 8 atom stereocenters. The molecule has 0 aromatic rings. The molecule has 4 saturated carbocycles. The number of aldehydes is 1. The Kier molecular flexibility index (Phi) is 6.17. The van der Waals surface area contributed by atoms with E-state index >= 15 is 0 Å². The van der Waals surface area contributed by atoms with E-state index in [-0.39, 0.29) is 16.2 Å². The molecule has 4 rings (SSSR count). The van der Waals surface area contributed by atoms with Crippen molar-refractivity contribution in [3.05, 3.63) is 23.8 Å². The van der Waals surface area contributed by atoms with Crippen molar-refractivity contribution in [1.29, 1.82) is 0 Å². The topological polar surface area (TPSA) is 54.4 Å². The number of ketones is 1. The number of allylic oxidation sites excluding steroid dienone is 1. The normalized spacial score (nSPS) is 45.5. The highest BCUT2D eigenvalue weighted by Crippen LogP contribution is 2.75. The summed E-state index contributed by atoms with van der Waals surface area (Å²) in [5.74, 6) is 2.73. The molecule has 0 heterocycles. The highest BCUT2D eigenvalue weighted by molar-refractivity contribution is 5.85. The van der Waals surface area contributed by atoms with E-state index in [4.69, 9.17) is 0 Å². The maximum Gasteiger partial charge on any atom is 0.145 e. The maximum atomic E-state index is 12.8. The van der Waals surface area contributed by atoms with Crippen molar-refractivity contribution >= 4 is 12.1 Å².